The Labute approximate surface area is 109 Å². The quantitative estimate of drug-likeness (QED) is 0.790. The van der Waals surface area contributed by atoms with Crippen molar-refractivity contribution in [2.45, 2.75) is 6.42 Å². The minimum Gasteiger partial charge on any atom is -0.294 e. The predicted molar refractivity (Wildman–Crippen MR) is 68.7 cm³/mol. The predicted octanol–water partition coefficient (Wildman–Crippen LogP) is 3.81. The fourth-order valence-electron chi connectivity index (χ4n) is 1.46. The van der Waals surface area contributed by atoms with Crippen molar-refractivity contribution in [2.75, 3.05) is 0 Å². The molecule has 0 saturated heterocycles. The highest BCUT2D eigenvalue weighted by molar-refractivity contribution is 6.31. The van der Waals surface area contributed by atoms with E-state index >= 15 is 0 Å². The molecule has 0 amide bonds. The number of aromatic nitrogens is 1. The number of hydrogen-bond donors (Lipinski definition) is 0. The first-order valence-corrected chi connectivity index (χ1v) is 5.79. The minimum atomic E-state index is 0.00904. The first-order chi connectivity index (χ1) is 8.16. The molecule has 0 saturated carbocycles. The van der Waals surface area contributed by atoms with Crippen molar-refractivity contribution in [1.29, 1.82) is 0 Å². The van der Waals surface area contributed by atoms with Gasteiger partial charge in [-0.15, -0.1) is 0 Å². The topological polar surface area (TPSA) is 30.0 Å². The Bertz CT molecular complexity index is 537. The van der Waals surface area contributed by atoms with Gasteiger partial charge in [-0.3, -0.25) is 9.78 Å². The summed E-state index contributed by atoms with van der Waals surface area (Å²) in [6.45, 7) is 0. The monoisotopic (exact) mass is 265 g/mol. The first kappa shape index (κ1) is 12.1. The zero-order chi connectivity index (χ0) is 12.3. The number of pyridine rings is 1. The summed E-state index contributed by atoms with van der Waals surface area (Å²) in [5.41, 5.74) is 1.41. The highest BCUT2D eigenvalue weighted by Crippen LogP contribution is 2.17. The molecular weight excluding hydrogens is 257 g/mol. The molecule has 0 atom stereocenters. The van der Waals surface area contributed by atoms with E-state index in [1.165, 1.54) is 6.20 Å². The Kier molecular flexibility index (Phi) is 3.77. The SMILES string of the molecule is O=C(Cc1ccncc1Cl)c1ccc(Cl)cc1. The zero-order valence-electron chi connectivity index (χ0n) is 8.86. The van der Waals surface area contributed by atoms with Crippen LogP contribution in [0.5, 0.6) is 0 Å². The molecule has 86 valence electrons. The van der Waals surface area contributed by atoms with Gasteiger partial charge < -0.3 is 0 Å². The number of nitrogens with zero attached hydrogens (tertiary/aromatic N) is 1. The van der Waals surface area contributed by atoms with E-state index in [1.807, 2.05) is 0 Å². The van der Waals surface area contributed by atoms with Crippen LogP contribution in [0, 0.1) is 0 Å². The van der Waals surface area contributed by atoms with E-state index in [4.69, 9.17) is 23.2 Å². The molecule has 0 aliphatic carbocycles. The van der Waals surface area contributed by atoms with Crippen LogP contribution in [0.15, 0.2) is 42.7 Å². The lowest BCUT2D eigenvalue weighted by Gasteiger charge is -2.03. The Hall–Kier alpha value is -1.38. The third kappa shape index (κ3) is 3.05. The van der Waals surface area contributed by atoms with Crippen molar-refractivity contribution in [3.8, 4) is 0 Å². The molecule has 1 aromatic heterocycles. The summed E-state index contributed by atoms with van der Waals surface area (Å²) in [6.07, 6.45) is 3.42. The molecule has 0 radical (unpaired) electrons. The molecule has 0 aliphatic rings. The number of rotatable bonds is 3. The Morgan fingerprint density at radius 1 is 1.12 bits per heavy atom. The second-order valence-corrected chi connectivity index (χ2v) is 4.42. The maximum Gasteiger partial charge on any atom is 0.167 e. The van der Waals surface area contributed by atoms with Crippen LogP contribution in [-0.4, -0.2) is 10.8 Å². The Balaban J connectivity index is 2.17. The maximum absolute atomic E-state index is 12.0. The van der Waals surface area contributed by atoms with Gasteiger partial charge in [-0.25, -0.2) is 0 Å². The number of carbonyl (C=O) groups excluding carboxylic acids is 1. The van der Waals surface area contributed by atoms with Gasteiger partial charge in [0.25, 0.3) is 0 Å². The summed E-state index contributed by atoms with van der Waals surface area (Å²) < 4.78 is 0. The van der Waals surface area contributed by atoms with Gasteiger partial charge in [0.15, 0.2) is 5.78 Å². The lowest BCUT2D eigenvalue weighted by Crippen LogP contribution is -2.03. The number of Topliss-reactive ketones (excluding diaryl/α,β-unsaturated/α-hetero) is 1. The molecule has 2 rings (SSSR count). The largest absolute Gasteiger partial charge is 0.294 e. The minimum absolute atomic E-state index is 0.00904. The number of ketones is 1. The molecule has 0 N–H and O–H groups in total. The summed E-state index contributed by atoms with van der Waals surface area (Å²) in [7, 11) is 0. The number of halogens is 2. The third-order valence-corrected chi connectivity index (χ3v) is 2.97. The molecular formula is C13H9Cl2NO. The van der Waals surface area contributed by atoms with E-state index in [0.29, 0.717) is 15.6 Å². The van der Waals surface area contributed by atoms with E-state index in [9.17, 15) is 4.79 Å². The lowest BCUT2D eigenvalue weighted by molar-refractivity contribution is 0.0993. The molecule has 2 nitrogen and oxygen atoms in total. The second kappa shape index (κ2) is 5.30. The van der Waals surface area contributed by atoms with Crippen LogP contribution in [0.2, 0.25) is 10.0 Å². The van der Waals surface area contributed by atoms with Gasteiger partial charge in [0.1, 0.15) is 0 Å². The summed E-state index contributed by atoms with van der Waals surface area (Å²) in [6, 6.07) is 8.56. The Morgan fingerprint density at radius 2 is 1.82 bits per heavy atom. The summed E-state index contributed by atoms with van der Waals surface area (Å²) in [5.74, 6) is 0.00904. The smallest absolute Gasteiger partial charge is 0.167 e. The van der Waals surface area contributed by atoms with Crippen molar-refractivity contribution < 1.29 is 4.79 Å². The van der Waals surface area contributed by atoms with Crippen molar-refractivity contribution in [3.63, 3.8) is 0 Å². The molecule has 1 heterocycles. The van der Waals surface area contributed by atoms with E-state index < -0.39 is 0 Å². The summed E-state index contributed by atoms with van der Waals surface area (Å²) >= 11 is 11.7. The number of hydrogen-bond acceptors (Lipinski definition) is 2. The highest BCUT2D eigenvalue weighted by Gasteiger charge is 2.09. The van der Waals surface area contributed by atoms with Crippen molar-refractivity contribution in [1.82, 2.24) is 4.98 Å². The van der Waals surface area contributed by atoms with Crippen LogP contribution in [0.4, 0.5) is 0 Å². The van der Waals surface area contributed by atoms with Crippen LogP contribution in [0.1, 0.15) is 15.9 Å². The van der Waals surface area contributed by atoms with Gasteiger partial charge in [0, 0.05) is 29.4 Å². The molecule has 0 unspecified atom stereocenters. The van der Waals surface area contributed by atoms with Crippen molar-refractivity contribution >= 4 is 29.0 Å². The van der Waals surface area contributed by atoms with Gasteiger partial charge in [0.05, 0.1) is 5.02 Å². The normalized spacial score (nSPS) is 10.2. The van der Waals surface area contributed by atoms with E-state index in [-0.39, 0.29) is 12.2 Å². The van der Waals surface area contributed by atoms with Crippen LogP contribution in [0.25, 0.3) is 0 Å². The first-order valence-electron chi connectivity index (χ1n) is 5.04. The fraction of sp³-hybridized carbons (Fsp3) is 0.0769. The molecule has 0 aliphatic heterocycles. The standard InChI is InChI=1S/C13H9Cl2NO/c14-11-3-1-9(2-4-11)13(17)7-10-5-6-16-8-12(10)15/h1-6,8H,7H2. The molecule has 0 spiro atoms. The molecule has 17 heavy (non-hydrogen) atoms. The van der Waals surface area contributed by atoms with Gasteiger partial charge in [-0.05, 0) is 35.9 Å². The zero-order valence-corrected chi connectivity index (χ0v) is 10.4. The highest BCUT2D eigenvalue weighted by atomic mass is 35.5. The molecule has 4 heteroatoms. The summed E-state index contributed by atoms with van der Waals surface area (Å²) in [5, 5.41) is 1.12. The third-order valence-electron chi connectivity index (χ3n) is 2.37. The maximum atomic E-state index is 12.0. The Morgan fingerprint density at radius 3 is 2.47 bits per heavy atom. The van der Waals surface area contributed by atoms with Crippen molar-refractivity contribution in [3.05, 3.63) is 63.9 Å². The number of carbonyl (C=O) groups is 1. The van der Waals surface area contributed by atoms with Crippen LogP contribution < -0.4 is 0 Å². The van der Waals surface area contributed by atoms with Crippen LogP contribution >= 0.6 is 23.2 Å². The summed E-state index contributed by atoms with van der Waals surface area (Å²) in [4.78, 5) is 15.8. The van der Waals surface area contributed by atoms with Gasteiger partial charge in [0.2, 0.25) is 0 Å². The van der Waals surface area contributed by atoms with Gasteiger partial charge >= 0.3 is 0 Å². The van der Waals surface area contributed by atoms with E-state index in [1.54, 1.807) is 36.5 Å². The average Bonchev–Trinajstić information content (AvgIpc) is 2.33. The van der Waals surface area contributed by atoms with E-state index in [0.717, 1.165) is 5.56 Å². The van der Waals surface area contributed by atoms with E-state index in [2.05, 4.69) is 4.98 Å². The molecule has 1 aromatic carbocycles. The molecule has 2 aromatic rings. The average molecular weight is 266 g/mol. The van der Waals surface area contributed by atoms with Gasteiger partial charge in [-0.2, -0.15) is 0 Å². The van der Waals surface area contributed by atoms with Crippen LogP contribution in [-0.2, 0) is 6.42 Å². The fourth-order valence-corrected chi connectivity index (χ4v) is 1.77. The second-order valence-electron chi connectivity index (χ2n) is 3.57. The van der Waals surface area contributed by atoms with Crippen molar-refractivity contribution in [2.24, 2.45) is 0 Å². The number of benzene rings is 1. The van der Waals surface area contributed by atoms with Gasteiger partial charge in [-0.1, -0.05) is 23.2 Å². The lowest BCUT2D eigenvalue weighted by atomic mass is 10.0. The molecule has 0 fully saturated rings. The molecule has 0 bridgehead atoms. The van der Waals surface area contributed by atoms with Crippen LogP contribution in [0.3, 0.4) is 0 Å².